The lowest BCUT2D eigenvalue weighted by Gasteiger charge is -2.14. The highest BCUT2D eigenvalue weighted by atomic mass is 32.2. The molecule has 0 saturated carbocycles. The second-order valence-electron chi connectivity index (χ2n) is 7.56. The Labute approximate surface area is 223 Å². The molecule has 1 heterocycles. The fraction of sp³-hybridized carbons (Fsp3) is 0.107. The number of nitriles is 1. The van der Waals surface area contributed by atoms with Crippen molar-refractivity contribution in [1.82, 2.24) is 10.2 Å². The van der Waals surface area contributed by atoms with Gasteiger partial charge in [-0.2, -0.15) is 5.26 Å². The average Bonchev–Trinajstić information content (AvgIpc) is 3.40. The van der Waals surface area contributed by atoms with Crippen molar-refractivity contribution in [2.45, 2.75) is 17.6 Å². The molecule has 0 saturated heterocycles. The maximum Gasteiger partial charge on any atom is 0.276 e. The summed E-state index contributed by atoms with van der Waals surface area (Å²) in [6, 6.07) is 27.0. The summed E-state index contributed by atoms with van der Waals surface area (Å²) in [4.78, 5) is 12.5. The molecule has 0 aliphatic heterocycles. The molecule has 0 bridgehead atoms. The number of hydrogen-bond acceptors (Lipinski definition) is 8. The van der Waals surface area contributed by atoms with Crippen LogP contribution in [0.4, 0.5) is 5.13 Å². The summed E-state index contributed by atoms with van der Waals surface area (Å²) in [5, 5.41) is 20.2. The molecule has 7 nitrogen and oxygen atoms in total. The van der Waals surface area contributed by atoms with Crippen molar-refractivity contribution in [1.29, 1.82) is 5.26 Å². The van der Waals surface area contributed by atoms with Crippen molar-refractivity contribution in [2.75, 3.05) is 11.6 Å². The summed E-state index contributed by atoms with van der Waals surface area (Å²) in [5.41, 5.74) is 5.34. The summed E-state index contributed by atoms with van der Waals surface area (Å²) in [6.45, 7) is 0.748. The molecule has 0 unspecified atom stereocenters. The van der Waals surface area contributed by atoms with Gasteiger partial charge in [-0.25, -0.2) is 0 Å². The maximum atomic E-state index is 12.5. The first-order valence-electron chi connectivity index (χ1n) is 11.2. The van der Waals surface area contributed by atoms with E-state index in [0.717, 1.165) is 11.1 Å². The van der Waals surface area contributed by atoms with Gasteiger partial charge in [-0.3, -0.25) is 10.1 Å². The first-order valence-corrected chi connectivity index (χ1v) is 13.2. The van der Waals surface area contributed by atoms with Crippen molar-refractivity contribution >= 4 is 40.2 Å². The summed E-state index contributed by atoms with van der Waals surface area (Å²) in [6.07, 6.45) is 3.42. The first-order chi connectivity index (χ1) is 18.1. The van der Waals surface area contributed by atoms with Gasteiger partial charge in [0.1, 0.15) is 19.3 Å². The zero-order chi connectivity index (χ0) is 25.9. The third kappa shape index (κ3) is 7.56. The van der Waals surface area contributed by atoms with Crippen LogP contribution in [0.15, 0.2) is 94.5 Å². The number of benzene rings is 3. The van der Waals surface area contributed by atoms with Gasteiger partial charge in [0.05, 0.1) is 0 Å². The summed E-state index contributed by atoms with van der Waals surface area (Å²) in [5.74, 6) is 0.516. The van der Waals surface area contributed by atoms with E-state index >= 15 is 0 Å². The minimum atomic E-state index is -0.606. The Bertz CT molecular complexity index is 1460. The molecule has 37 heavy (non-hydrogen) atoms. The number of amides is 1. The van der Waals surface area contributed by atoms with Gasteiger partial charge >= 0.3 is 0 Å². The number of nitrogens with one attached hydrogen (secondary N) is 1. The van der Waals surface area contributed by atoms with Crippen LogP contribution in [0.25, 0.3) is 6.08 Å². The summed E-state index contributed by atoms with van der Waals surface area (Å²) in [7, 11) is 0. The molecule has 184 valence electrons. The molecule has 1 aromatic heterocycles. The van der Waals surface area contributed by atoms with E-state index in [4.69, 9.17) is 9.47 Å². The fourth-order valence-electron chi connectivity index (χ4n) is 3.12. The van der Waals surface area contributed by atoms with Crippen molar-refractivity contribution in [3.05, 3.63) is 107 Å². The minimum absolute atomic E-state index is 0.183. The van der Waals surface area contributed by atoms with Gasteiger partial charge in [0.15, 0.2) is 21.4 Å². The van der Waals surface area contributed by atoms with Gasteiger partial charge in [-0.05, 0) is 41.2 Å². The normalized spacial score (nSPS) is 10.1. The lowest BCUT2D eigenvalue weighted by molar-refractivity contribution is -0.112. The number of thioether (sulfide) groups is 1. The molecule has 0 aliphatic rings. The molecule has 0 radical (unpaired) electrons. The van der Waals surface area contributed by atoms with Gasteiger partial charge in [0.25, 0.3) is 5.91 Å². The Morgan fingerprint density at radius 1 is 0.973 bits per heavy atom. The zero-order valence-corrected chi connectivity index (χ0v) is 21.5. The van der Waals surface area contributed by atoms with Gasteiger partial charge in [-0.15, -0.1) is 10.2 Å². The van der Waals surface area contributed by atoms with Crippen LogP contribution in [-0.2, 0) is 18.0 Å². The summed E-state index contributed by atoms with van der Waals surface area (Å²) < 4.78 is 12.8. The van der Waals surface area contributed by atoms with Gasteiger partial charge < -0.3 is 9.47 Å². The monoisotopic (exact) mass is 526 g/mol. The van der Waals surface area contributed by atoms with Crippen LogP contribution in [-0.4, -0.2) is 22.4 Å². The Morgan fingerprint density at radius 2 is 1.62 bits per heavy atom. The molecule has 0 fully saturated rings. The second kappa shape index (κ2) is 13.1. The second-order valence-corrected chi connectivity index (χ2v) is 9.59. The van der Waals surface area contributed by atoms with Crippen molar-refractivity contribution in [2.24, 2.45) is 0 Å². The topological polar surface area (TPSA) is 97.1 Å². The molecule has 0 atom stereocenters. The smallest absolute Gasteiger partial charge is 0.276 e. The van der Waals surface area contributed by atoms with Gasteiger partial charge in [-0.1, -0.05) is 95.6 Å². The molecule has 1 N–H and O–H groups in total. The standard InChI is InChI=1S/C28H22N4O3S2/c1-36-28-32-31-27(37-28)30-26(33)23(17-29)14-12-20-13-15-24(34-18-21-8-4-2-5-9-21)25(16-20)35-19-22-10-6-3-7-11-22/h2-13,15-16H,18-19H2,1H3,(H,30,31,33). The van der Waals surface area contributed by atoms with Crippen molar-refractivity contribution in [3.63, 3.8) is 0 Å². The molecule has 4 rings (SSSR count). The number of ether oxygens (including phenoxy) is 2. The number of rotatable bonds is 10. The Balaban J connectivity index is 1.54. The Hall–Kier alpha value is -4.35. The van der Waals surface area contributed by atoms with E-state index in [-0.39, 0.29) is 5.57 Å². The fourth-order valence-corrected chi connectivity index (χ4v) is 4.29. The van der Waals surface area contributed by atoms with E-state index in [1.54, 1.807) is 18.2 Å². The molecule has 1 amide bonds. The number of carbonyl (C=O) groups excluding carboxylic acids is 1. The van der Waals surface area contributed by atoms with E-state index < -0.39 is 5.91 Å². The molecule has 0 aliphatic carbocycles. The van der Waals surface area contributed by atoms with E-state index in [2.05, 4.69) is 21.2 Å². The van der Waals surface area contributed by atoms with Crippen LogP contribution in [0.1, 0.15) is 16.7 Å². The van der Waals surface area contributed by atoms with Crippen molar-refractivity contribution in [3.8, 4) is 17.6 Å². The van der Waals surface area contributed by atoms with E-state index in [1.165, 1.54) is 23.1 Å². The minimum Gasteiger partial charge on any atom is -0.485 e. The zero-order valence-electron chi connectivity index (χ0n) is 19.9. The first kappa shape index (κ1) is 25.7. The van der Waals surface area contributed by atoms with Crippen LogP contribution in [0, 0.1) is 11.3 Å². The maximum absolute atomic E-state index is 12.5. The number of anilines is 1. The number of hydrogen-bond donors (Lipinski definition) is 1. The highest BCUT2D eigenvalue weighted by molar-refractivity contribution is 8.00. The van der Waals surface area contributed by atoms with Crippen molar-refractivity contribution < 1.29 is 14.3 Å². The highest BCUT2D eigenvalue weighted by Gasteiger charge is 2.12. The molecule has 4 aromatic rings. The van der Waals surface area contributed by atoms with Crippen LogP contribution in [0.2, 0.25) is 0 Å². The molecular formula is C28H22N4O3S2. The molecule has 0 spiro atoms. The largest absolute Gasteiger partial charge is 0.485 e. The quantitative estimate of drug-likeness (QED) is 0.0874. The molecule has 3 aromatic carbocycles. The third-order valence-electron chi connectivity index (χ3n) is 4.97. The molecule has 9 heteroatoms. The predicted molar refractivity (Wildman–Crippen MR) is 145 cm³/mol. The SMILES string of the molecule is CSc1nnc(NC(=O)C(=C=Cc2ccc(OCc3ccccc3)c(OCc3ccccc3)c2)C#N)s1. The average molecular weight is 527 g/mol. The lowest BCUT2D eigenvalue weighted by Crippen LogP contribution is -2.12. The van der Waals surface area contributed by atoms with Gasteiger partial charge in [0, 0.05) is 0 Å². The van der Waals surface area contributed by atoms with E-state index in [1.807, 2.05) is 79.1 Å². The van der Waals surface area contributed by atoms with Gasteiger partial charge in [0.2, 0.25) is 5.13 Å². The van der Waals surface area contributed by atoms with E-state index in [9.17, 15) is 10.1 Å². The lowest BCUT2D eigenvalue weighted by atomic mass is 10.1. The number of carbonyl (C=O) groups is 1. The predicted octanol–water partition coefficient (Wildman–Crippen LogP) is 6.12. The van der Waals surface area contributed by atoms with Crippen LogP contribution in [0.3, 0.4) is 0 Å². The number of aromatic nitrogens is 2. The van der Waals surface area contributed by atoms with Crippen LogP contribution < -0.4 is 14.8 Å². The number of nitrogens with zero attached hydrogens (tertiary/aromatic N) is 3. The summed E-state index contributed by atoms with van der Waals surface area (Å²) >= 11 is 2.65. The highest BCUT2D eigenvalue weighted by Crippen LogP contribution is 2.30. The Morgan fingerprint density at radius 3 is 2.22 bits per heavy atom. The van der Waals surface area contributed by atoms with E-state index in [0.29, 0.717) is 39.7 Å². The third-order valence-corrected chi connectivity index (χ3v) is 6.78. The van der Waals surface area contributed by atoms with Crippen LogP contribution in [0.5, 0.6) is 11.5 Å². The van der Waals surface area contributed by atoms with Crippen LogP contribution >= 0.6 is 23.1 Å². The Kier molecular flexibility index (Phi) is 9.11. The molecular weight excluding hydrogens is 504 g/mol.